The number of allylic oxidation sites excluding steroid dienone is 4. The molecule has 1 saturated carbocycles. The summed E-state index contributed by atoms with van der Waals surface area (Å²) in [7, 11) is 0. The second kappa shape index (κ2) is 7.99. The zero-order valence-corrected chi connectivity index (χ0v) is 14.3. The van der Waals surface area contributed by atoms with Crippen LogP contribution in [0.15, 0.2) is 23.8 Å². The minimum atomic E-state index is -0.664. The van der Waals surface area contributed by atoms with E-state index in [0.29, 0.717) is 11.8 Å². The van der Waals surface area contributed by atoms with E-state index in [2.05, 4.69) is 32.1 Å². The molecule has 3 aliphatic carbocycles. The van der Waals surface area contributed by atoms with Crippen LogP contribution in [0.5, 0.6) is 0 Å². The average molecular weight is 304 g/mol. The predicted octanol–water partition coefficient (Wildman–Crippen LogP) is 5.74. The van der Waals surface area contributed by atoms with Crippen LogP contribution in [0.25, 0.3) is 0 Å². The first-order chi connectivity index (χ1) is 10.5. The Balaban J connectivity index is 1.51. The highest BCUT2D eigenvalue weighted by molar-refractivity contribution is 5.66. The van der Waals surface area contributed by atoms with E-state index in [9.17, 15) is 4.79 Å². The smallest absolute Gasteiger partial charge is 0.303 e. The van der Waals surface area contributed by atoms with Crippen LogP contribution in [-0.4, -0.2) is 11.1 Å². The Morgan fingerprint density at radius 1 is 1.23 bits per heavy atom. The first-order valence-corrected chi connectivity index (χ1v) is 9.10. The number of rotatable bonds is 10. The van der Waals surface area contributed by atoms with Gasteiger partial charge in [0, 0.05) is 6.42 Å². The first kappa shape index (κ1) is 17.3. The van der Waals surface area contributed by atoms with Gasteiger partial charge >= 0.3 is 5.97 Å². The van der Waals surface area contributed by atoms with Gasteiger partial charge in [-0.3, -0.25) is 4.79 Å². The minimum absolute atomic E-state index is 0.330. The van der Waals surface area contributed by atoms with Gasteiger partial charge in [-0.15, -0.1) is 0 Å². The van der Waals surface area contributed by atoms with Gasteiger partial charge in [0.05, 0.1) is 0 Å². The molecule has 0 aliphatic heterocycles. The van der Waals surface area contributed by atoms with Crippen molar-refractivity contribution in [2.45, 2.75) is 78.1 Å². The van der Waals surface area contributed by atoms with Crippen molar-refractivity contribution in [2.24, 2.45) is 17.3 Å². The van der Waals surface area contributed by atoms with Crippen molar-refractivity contribution in [2.75, 3.05) is 0 Å². The van der Waals surface area contributed by atoms with Crippen molar-refractivity contribution >= 4 is 5.97 Å². The summed E-state index contributed by atoms with van der Waals surface area (Å²) in [6.07, 6.45) is 18.3. The van der Waals surface area contributed by atoms with Crippen molar-refractivity contribution in [3.05, 3.63) is 23.8 Å². The molecule has 2 heteroatoms. The minimum Gasteiger partial charge on any atom is -0.481 e. The standard InChI is InChI=1S/C20H32O2/c1-20(2)17-14-13-16(18(20)15-17)11-9-7-5-3-4-6-8-10-12-19(21)22/h9,11,13,17-18H,3-8,10,12,14-15H2,1-2H3,(H,21,22)/b11-9+/t17-,18-/m0/s1. The van der Waals surface area contributed by atoms with Crippen LogP contribution < -0.4 is 0 Å². The van der Waals surface area contributed by atoms with Crippen molar-refractivity contribution in [3.8, 4) is 0 Å². The Bertz CT molecular complexity index is 431. The van der Waals surface area contributed by atoms with Crippen LogP contribution in [-0.2, 0) is 4.79 Å². The van der Waals surface area contributed by atoms with Gasteiger partial charge in [-0.05, 0) is 54.9 Å². The van der Waals surface area contributed by atoms with Crippen LogP contribution in [0, 0.1) is 17.3 Å². The monoisotopic (exact) mass is 304 g/mol. The van der Waals surface area contributed by atoms with Crippen LogP contribution in [0.1, 0.15) is 78.1 Å². The van der Waals surface area contributed by atoms with E-state index in [0.717, 1.165) is 24.7 Å². The fourth-order valence-corrected chi connectivity index (χ4v) is 4.05. The number of aliphatic carboxylic acids is 1. The molecule has 0 spiro atoms. The molecule has 22 heavy (non-hydrogen) atoms. The van der Waals surface area contributed by atoms with Crippen LogP contribution in [0.3, 0.4) is 0 Å². The summed E-state index contributed by atoms with van der Waals surface area (Å²) in [6, 6.07) is 0. The van der Waals surface area contributed by atoms with Crippen molar-refractivity contribution in [1.82, 2.24) is 0 Å². The number of carboxylic acids is 1. The van der Waals surface area contributed by atoms with E-state index in [1.807, 2.05) is 0 Å². The molecule has 0 unspecified atom stereocenters. The Kier molecular flexibility index (Phi) is 6.28. The number of hydrogen-bond acceptors (Lipinski definition) is 1. The zero-order valence-electron chi connectivity index (χ0n) is 14.3. The lowest BCUT2D eigenvalue weighted by Gasteiger charge is -2.56. The quantitative estimate of drug-likeness (QED) is 0.522. The molecule has 0 aromatic rings. The molecule has 124 valence electrons. The van der Waals surface area contributed by atoms with Gasteiger partial charge in [0.25, 0.3) is 0 Å². The molecular weight excluding hydrogens is 272 g/mol. The summed E-state index contributed by atoms with van der Waals surface area (Å²) in [5, 5.41) is 8.56. The van der Waals surface area contributed by atoms with Gasteiger partial charge in [-0.1, -0.05) is 57.8 Å². The molecule has 0 aromatic carbocycles. The predicted molar refractivity (Wildman–Crippen MR) is 91.8 cm³/mol. The molecule has 1 fully saturated rings. The molecule has 2 nitrogen and oxygen atoms in total. The van der Waals surface area contributed by atoms with Crippen molar-refractivity contribution in [1.29, 1.82) is 0 Å². The summed E-state index contributed by atoms with van der Waals surface area (Å²) < 4.78 is 0. The molecule has 0 radical (unpaired) electrons. The van der Waals surface area contributed by atoms with Crippen LogP contribution in [0.4, 0.5) is 0 Å². The zero-order chi connectivity index (χ0) is 16.0. The Morgan fingerprint density at radius 3 is 2.55 bits per heavy atom. The first-order valence-electron chi connectivity index (χ1n) is 9.10. The van der Waals surface area contributed by atoms with E-state index in [-0.39, 0.29) is 0 Å². The average Bonchev–Trinajstić information content (AvgIpc) is 2.48. The van der Waals surface area contributed by atoms with E-state index in [4.69, 9.17) is 5.11 Å². The third-order valence-electron chi connectivity index (χ3n) is 5.83. The van der Waals surface area contributed by atoms with Gasteiger partial charge in [0.2, 0.25) is 0 Å². The summed E-state index contributed by atoms with van der Waals surface area (Å²) in [4.78, 5) is 10.4. The Hall–Kier alpha value is -1.05. The van der Waals surface area contributed by atoms with Gasteiger partial charge in [-0.25, -0.2) is 0 Å². The topological polar surface area (TPSA) is 37.3 Å². The van der Waals surface area contributed by atoms with E-state index in [1.54, 1.807) is 5.57 Å². The highest BCUT2D eigenvalue weighted by Crippen LogP contribution is 2.59. The molecule has 3 aliphatic rings. The van der Waals surface area contributed by atoms with Gasteiger partial charge in [0.1, 0.15) is 0 Å². The van der Waals surface area contributed by atoms with Crippen LogP contribution in [0.2, 0.25) is 0 Å². The fourth-order valence-electron chi connectivity index (χ4n) is 4.05. The third-order valence-corrected chi connectivity index (χ3v) is 5.83. The summed E-state index contributed by atoms with van der Waals surface area (Å²) >= 11 is 0. The fraction of sp³-hybridized carbons (Fsp3) is 0.750. The van der Waals surface area contributed by atoms with Crippen molar-refractivity contribution in [3.63, 3.8) is 0 Å². The molecule has 1 N–H and O–H groups in total. The van der Waals surface area contributed by atoms with E-state index < -0.39 is 5.97 Å². The molecular formula is C20H32O2. The maximum Gasteiger partial charge on any atom is 0.303 e. The molecule has 0 saturated heterocycles. The maximum atomic E-state index is 10.4. The maximum absolute atomic E-state index is 10.4. The number of unbranched alkanes of at least 4 members (excludes halogenated alkanes) is 6. The highest BCUT2D eigenvalue weighted by atomic mass is 16.4. The second-order valence-electron chi connectivity index (χ2n) is 7.70. The number of hydrogen-bond donors (Lipinski definition) is 1. The molecule has 2 atom stereocenters. The van der Waals surface area contributed by atoms with Crippen molar-refractivity contribution < 1.29 is 9.90 Å². The molecule has 2 bridgehead atoms. The normalized spacial score (nSPS) is 25.8. The number of carbonyl (C=O) groups is 1. The lowest BCUT2D eigenvalue weighted by molar-refractivity contribution is -0.137. The second-order valence-corrected chi connectivity index (χ2v) is 7.70. The van der Waals surface area contributed by atoms with Gasteiger partial charge in [0.15, 0.2) is 0 Å². The van der Waals surface area contributed by atoms with Gasteiger partial charge < -0.3 is 5.11 Å². The lowest BCUT2D eigenvalue weighted by Crippen LogP contribution is -2.47. The Morgan fingerprint density at radius 2 is 1.91 bits per heavy atom. The SMILES string of the molecule is CC1(C)[C@H]2CC=C(/C=C/CCCCCCCCC(=O)O)[C@@H]1C2. The molecule has 0 heterocycles. The largest absolute Gasteiger partial charge is 0.481 e. The summed E-state index contributed by atoms with van der Waals surface area (Å²) in [5.74, 6) is 1.07. The van der Waals surface area contributed by atoms with Gasteiger partial charge in [-0.2, -0.15) is 0 Å². The summed E-state index contributed by atoms with van der Waals surface area (Å²) in [5.41, 5.74) is 2.12. The van der Waals surface area contributed by atoms with E-state index >= 15 is 0 Å². The highest BCUT2D eigenvalue weighted by Gasteiger charge is 2.50. The third kappa shape index (κ3) is 4.47. The summed E-state index contributed by atoms with van der Waals surface area (Å²) in [6.45, 7) is 4.86. The van der Waals surface area contributed by atoms with E-state index in [1.165, 1.54) is 44.9 Å². The molecule has 0 aromatic heterocycles. The molecule has 3 rings (SSSR count). The Labute approximate surface area is 135 Å². The molecule has 0 amide bonds. The lowest BCUT2D eigenvalue weighted by atomic mass is 9.49. The van der Waals surface area contributed by atoms with Crippen LogP contribution >= 0.6 is 0 Å². The number of carboxylic acid groups (broad SMARTS) is 1. The number of fused-ring (bicyclic) bond motifs is 1.